The van der Waals surface area contributed by atoms with Gasteiger partial charge in [0.15, 0.2) is 0 Å². The fourth-order valence-electron chi connectivity index (χ4n) is 1.95. The van der Waals surface area contributed by atoms with Crippen LogP contribution in [0.2, 0.25) is 0 Å². The van der Waals surface area contributed by atoms with Gasteiger partial charge in [0.05, 0.1) is 18.6 Å². The van der Waals surface area contributed by atoms with E-state index in [0.29, 0.717) is 12.5 Å². The predicted octanol–water partition coefficient (Wildman–Crippen LogP) is 3.66. The minimum absolute atomic E-state index is 0.0150. The molecule has 1 unspecified atom stereocenters. The fraction of sp³-hybridized carbons (Fsp3) is 0.538. The van der Waals surface area contributed by atoms with E-state index in [1.54, 1.807) is 0 Å². The first-order valence-corrected chi connectivity index (χ1v) is 5.96. The van der Waals surface area contributed by atoms with Crippen LogP contribution in [0.15, 0.2) is 18.2 Å². The lowest BCUT2D eigenvalue weighted by Crippen LogP contribution is -2.00. The van der Waals surface area contributed by atoms with Gasteiger partial charge in [-0.25, -0.2) is 0 Å². The van der Waals surface area contributed by atoms with E-state index in [1.807, 2.05) is 0 Å². The van der Waals surface area contributed by atoms with Crippen LogP contribution >= 0.6 is 11.6 Å². The molecule has 0 N–H and O–H groups in total. The number of fused-ring (bicyclic) bond motifs is 1. The van der Waals surface area contributed by atoms with Crippen LogP contribution in [0.1, 0.15) is 41.8 Å². The van der Waals surface area contributed by atoms with Crippen molar-refractivity contribution < 1.29 is 4.74 Å². The highest BCUT2D eigenvalue weighted by molar-refractivity contribution is 6.21. The zero-order valence-electron chi connectivity index (χ0n) is 9.29. The third kappa shape index (κ3) is 2.35. The number of ether oxygens (including phenoxy) is 1. The van der Waals surface area contributed by atoms with E-state index in [2.05, 4.69) is 32.0 Å². The molecule has 15 heavy (non-hydrogen) atoms. The van der Waals surface area contributed by atoms with Crippen molar-refractivity contribution in [3.8, 4) is 0 Å². The van der Waals surface area contributed by atoms with Crippen LogP contribution in [0.3, 0.4) is 0 Å². The normalized spacial score (nSPS) is 21.2. The molecular weight excluding hydrogens is 208 g/mol. The first kappa shape index (κ1) is 11.0. The van der Waals surface area contributed by atoms with Crippen molar-refractivity contribution in [2.75, 3.05) is 13.2 Å². The number of benzene rings is 1. The Balaban J connectivity index is 2.39. The van der Waals surface area contributed by atoms with Gasteiger partial charge in [-0.2, -0.15) is 0 Å². The monoisotopic (exact) mass is 224 g/mol. The molecule has 0 saturated heterocycles. The Labute approximate surface area is 96.4 Å². The smallest absolute Gasteiger partial charge is 0.0821 e. The van der Waals surface area contributed by atoms with Crippen LogP contribution in [0.25, 0.3) is 0 Å². The van der Waals surface area contributed by atoms with E-state index in [1.165, 1.54) is 16.7 Å². The summed E-state index contributed by atoms with van der Waals surface area (Å²) in [4.78, 5) is 0. The second kappa shape index (κ2) is 4.54. The number of halogens is 1. The number of rotatable bonds is 1. The molecule has 1 aromatic rings. The van der Waals surface area contributed by atoms with Gasteiger partial charge in [-0.05, 0) is 29.0 Å². The van der Waals surface area contributed by atoms with Gasteiger partial charge < -0.3 is 4.74 Å². The molecule has 1 aliphatic rings. The molecule has 1 atom stereocenters. The fourth-order valence-corrected chi connectivity index (χ4v) is 2.24. The van der Waals surface area contributed by atoms with Gasteiger partial charge in [0, 0.05) is 0 Å². The predicted molar refractivity (Wildman–Crippen MR) is 63.6 cm³/mol. The summed E-state index contributed by atoms with van der Waals surface area (Å²) < 4.78 is 5.46. The Morgan fingerprint density at radius 2 is 2.20 bits per heavy atom. The summed E-state index contributed by atoms with van der Waals surface area (Å²) >= 11 is 6.30. The number of hydrogen-bond donors (Lipinski definition) is 0. The van der Waals surface area contributed by atoms with E-state index < -0.39 is 0 Å². The van der Waals surface area contributed by atoms with Gasteiger partial charge in [0.2, 0.25) is 0 Å². The summed E-state index contributed by atoms with van der Waals surface area (Å²) in [5.74, 6) is 0.559. The summed E-state index contributed by atoms with van der Waals surface area (Å²) in [5, 5.41) is 0.0150. The van der Waals surface area contributed by atoms with Crippen molar-refractivity contribution in [2.45, 2.75) is 31.6 Å². The standard InChI is InChI=1S/C13H17ClO/c1-9(2)11-4-3-10-5-6-15-8-13(14)12(10)7-11/h3-4,7,9,13H,5-6,8H2,1-2H3. The van der Waals surface area contributed by atoms with E-state index in [9.17, 15) is 0 Å². The number of alkyl halides is 1. The lowest BCUT2D eigenvalue weighted by atomic mass is 9.95. The summed E-state index contributed by atoms with van der Waals surface area (Å²) in [5.41, 5.74) is 3.97. The lowest BCUT2D eigenvalue weighted by molar-refractivity contribution is 0.143. The van der Waals surface area contributed by atoms with Gasteiger partial charge in [0.25, 0.3) is 0 Å². The molecule has 0 bridgehead atoms. The van der Waals surface area contributed by atoms with Crippen molar-refractivity contribution in [2.24, 2.45) is 0 Å². The Hall–Kier alpha value is -0.530. The molecule has 0 spiro atoms. The molecule has 0 amide bonds. The molecule has 0 aliphatic carbocycles. The summed E-state index contributed by atoms with van der Waals surface area (Å²) in [7, 11) is 0. The highest BCUT2D eigenvalue weighted by atomic mass is 35.5. The Morgan fingerprint density at radius 1 is 1.40 bits per heavy atom. The second-order valence-electron chi connectivity index (χ2n) is 4.41. The van der Waals surface area contributed by atoms with Crippen molar-refractivity contribution in [3.63, 3.8) is 0 Å². The first-order valence-electron chi connectivity index (χ1n) is 5.53. The van der Waals surface area contributed by atoms with Crippen molar-refractivity contribution >= 4 is 11.6 Å². The molecule has 1 aliphatic heterocycles. The SMILES string of the molecule is CC(C)c1ccc2c(c1)C(Cl)COCC2. The minimum Gasteiger partial charge on any atom is -0.379 e. The zero-order chi connectivity index (χ0) is 10.8. The Kier molecular flexibility index (Phi) is 3.32. The molecule has 2 heteroatoms. The van der Waals surface area contributed by atoms with Crippen LogP contribution in [-0.2, 0) is 11.2 Å². The highest BCUT2D eigenvalue weighted by Gasteiger charge is 2.17. The third-order valence-electron chi connectivity index (χ3n) is 2.95. The molecule has 0 aromatic heterocycles. The molecule has 0 radical (unpaired) electrons. The average Bonchev–Trinajstić information content (AvgIpc) is 2.40. The van der Waals surface area contributed by atoms with E-state index in [-0.39, 0.29) is 5.38 Å². The molecule has 0 fully saturated rings. The van der Waals surface area contributed by atoms with Gasteiger partial charge >= 0.3 is 0 Å². The minimum atomic E-state index is 0.0150. The van der Waals surface area contributed by atoms with Crippen molar-refractivity contribution in [1.82, 2.24) is 0 Å². The maximum atomic E-state index is 6.30. The third-order valence-corrected chi connectivity index (χ3v) is 3.32. The second-order valence-corrected chi connectivity index (χ2v) is 4.93. The molecule has 1 nitrogen and oxygen atoms in total. The van der Waals surface area contributed by atoms with Gasteiger partial charge in [-0.3, -0.25) is 0 Å². The molecule has 0 saturated carbocycles. The summed E-state index contributed by atoms with van der Waals surface area (Å²) in [6, 6.07) is 6.65. The van der Waals surface area contributed by atoms with Crippen LogP contribution in [-0.4, -0.2) is 13.2 Å². The maximum Gasteiger partial charge on any atom is 0.0821 e. The maximum absolute atomic E-state index is 6.30. The van der Waals surface area contributed by atoms with Gasteiger partial charge in [0.1, 0.15) is 0 Å². The first-order chi connectivity index (χ1) is 7.18. The van der Waals surface area contributed by atoms with Crippen LogP contribution in [0.5, 0.6) is 0 Å². The molecule has 2 rings (SSSR count). The van der Waals surface area contributed by atoms with Crippen LogP contribution in [0, 0.1) is 0 Å². The van der Waals surface area contributed by atoms with E-state index >= 15 is 0 Å². The average molecular weight is 225 g/mol. The molecule has 1 heterocycles. The molecule has 1 aromatic carbocycles. The summed E-state index contributed by atoms with van der Waals surface area (Å²) in [6.45, 7) is 5.84. The molecule has 82 valence electrons. The van der Waals surface area contributed by atoms with E-state index in [0.717, 1.165) is 13.0 Å². The lowest BCUT2D eigenvalue weighted by Gasteiger charge is -2.13. The Morgan fingerprint density at radius 3 is 2.93 bits per heavy atom. The van der Waals surface area contributed by atoms with Crippen molar-refractivity contribution in [1.29, 1.82) is 0 Å². The van der Waals surface area contributed by atoms with E-state index in [4.69, 9.17) is 16.3 Å². The van der Waals surface area contributed by atoms with Crippen LogP contribution < -0.4 is 0 Å². The van der Waals surface area contributed by atoms with Crippen LogP contribution in [0.4, 0.5) is 0 Å². The van der Waals surface area contributed by atoms with Gasteiger partial charge in [-0.1, -0.05) is 32.0 Å². The molecular formula is C13H17ClO. The van der Waals surface area contributed by atoms with Crippen molar-refractivity contribution in [3.05, 3.63) is 34.9 Å². The topological polar surface area (TPSA) is 9.23 Å². The highest BCUT2D eigenvalue weighted by Crippen LogP contribution is 2.30. The number of hydrogen-bond acceptors (Lipinski definition) is 1. The Bertz CT molecular complexity index is 346. The zero-order valence-corrected chi connectivity index (χ0v) is 10.1. The summed E-state index contributed by atoms with van der Waals surface area (Å²) in [6.07, 6.45) is 0.983. The largest absolute Gasteiger partial charge is 0.379 e. The van der Waals surface area contributed by atoms with Gasteiger partial charge in [-0.15, -0.1) is 11.6 Å². The quantitative estimate of drug-likeness (QED) is 0.662.